The molecule has 2 atom stereocenters. The van der Waals surface area contributed by atoms with Gasteiger partial charge in [0.15, 0.2) is 0 Å². The molecule has 150 valence electrons. The molecular weight excluding hydrogens is 366 g/mol. The van der Waals surface area contributed by atoms with Gasteiger partial charge in [-0.2, -0.15) is 0 Å². The molecule has 1 amide bonds. The average Bonchev–Trinajstić information content (AvgIpc) is 2.96. The standard InChI is InChI=1S/C21H30ClNO4/c22-17-7-5-6-16(14-17)15-19(24)11-9-18-10-12-20(25)23(18)13-4-2-1-3-8-21(26)27/h5-7,14,18-19,24H,1-4,8-13,15H2,(H,26,27)/t18-,19?/m0/s1. The van der Waals surface area contributed by atoms with E-state index >= 15 is 0 Å². The van der Waals surface area contributed by atoms with E-state index in [2.05, 4.69) is 0 Å². The third-order valence-electron chi connectivity index (χ3n) is 5.19. The lowest BCUT2D eigenvalue weighted by Gasteiger charge is -2.25. The van der Waals surface area contributed by atoms with Gasteiger partial charge in [0.2, 0.25) is 5.91 Å². The van der Waals surface area contributed by atoms with Crippen molar-refractivity contribution in [1.29, 1.82) is 0 Å². The van der Waals surface area contributed by atoms with Crippen molar-refractivity contribution in [2.45, 2.75) is 76.4 Å². The van der Waals surface area contributed by atoms with Gasteiger partial charge in [-0.15, -0.1) is 0 Å². The Morgan fingerprint density at radius 2 is 2.04 bits per heavy atom. The predicted octanol–water partition coefficient (Wildman–Crippen LogP) is 4.05. The Bertz CT molecular complexity index is 622. The average molecular weight is 396 g/mol. The van der Waals surface area contributed by atoms with E-state index in [1.54, 1.807) is 0 Å². The summed E-state index contributed by atoms with van der Waals surface area (Å²) in [5, 5.41) is 19.6. The molecule has 1 saturated heterocycles. The number of hydrogen-bond donors (Lipinski definition) is 2. The molecule has 1 aliphatic rings. The molecular formula is C21H30ClNO4. The molecule has 1 heterocycles. The number of likely N-dealkylation sites (tertiary alicyclic amines) is 1. The molecule has 1 aromatic carbocycles. The first-order valence-corrected chi connectivity index (χ1v) is 10.3. The summed E-state index contributed by atoms with van der Waals surface area (Å²) in [6, 6.07) is 7.76. The summed E-state index contributed by atoms with van der Waals surface area (Å²) >= 11 is 5.98. The van der Waals surface area contributed by atoms with Gasteiger partial charge in [-0.25, -0.2) is 0 Å². The Morgan fingerprint density at radius 3 is 2.78 bits per heavy atom. The zero-order valence-corrected chi connectivity index (χ0v) is 16.5. The number of aliphatic carboxylic acids is 1. The maximum atomic E-state index is 12.1. The summed E-state index contributed by atoms with van der Waals surface area (Å²) in [7, 11) is 0. The zero-order chi connectivity index (χ0) is 19.6. The molecule has 1 aromatic rings. The van der Waals surface area contributed by atoms with Crippen LogP contribution in [0.2, 0.25) is 5.02 Å². The van der Waals surface area contributed by atoms with Crippen LogP contribution in [-0.2, 0) is 16.0 Å². The molecule has 27 heavy (non-hydrogen) atoms. The smallest absolute Gasteiger partial charge is 0.303 e. The van der Waals surface area contributed by atoms with Crippen LogP contribution in [0.5, 0.6) is 0 Å². The number of aliphatic hydroxyl groups is 1. The molecule has 0 radical (unpaired) electrons. The van der Waals surface area contributed by atoms with Crippen molar-refractivity contribution in [2.24, 2.45) is 0 Å². The van der Waals surface area contributed by atoms with Crippen LogP contribution in [-0.4, -0.2) is 45.7 Å². The molecule has 6 heteroatoms. The van der Waals surface area contributed by atoms with Gasteiger partial charge in [0.1, 0.15) is 0 Å². The fourth-order valence-electron chi connectivity index (χ4n) is 3.74. The highest BCUT2D eigenvalue weighted by Crippen LogP contribution is 2.24. The quantitative estimate of drug-likeness (QED) is 0.523. The fraction of sp³-hybridized carbons (Fsp3) is 0.619. The van der Waals surface area contributed by atoms with E-state index < -0.39 is 12.1 Å². The van der Waals surface area contributed by atoms with E-state index in [0.717, 1.165) is 44.2 Å². The molecule has 1 fully saturated rings. The Kier molecular flexibility index (Phi) is 9.08. The van der Waals surface area contributed by atoms with Gasteiger partial charge >= 0.3 is 5.97 Å². The number of unbranched alkanes of at least 4 members (excludes halogenated alkanes) is 3. The normalized spacial score (nSPS) is 18.1. The summed E-state index contributed by atoms with van der Waals surface area (Å²) in [4.78, 5) is 24.6. The third-order valence-corrected chi connectivity index (χ3v) is 5.42. The highest BCUT2D eigenvalue weighted by molar-refractivity contribution is 6.30. The van der Waals surface area contributed by atoms with Gasteiger partial charge in [-0.3, -0.25) is 9.59 Å². The van der Waals surface area contributed by atoms with E-state index in [-0.39, 0.29) is 18.4 Å². The Labute approximate surface area is 166 Å². The molecule has 2 rings (SSSR count). The van der Waals surface area contributed by atoms with E-state index in [0.29, 0.717) is 30.7 Å². The second-order valence-electron chi connectivity index (χ2n) is 7.40. The number of halogens is 1. The minimum atomic E-state index is -0.749. The number of amides is 1. The number of nitrogens with zero attached hydrogens (tertiary/aromatic N) is 1. The minimum absolute atomic E-state index is 0.204. The van der Waals surface area contributed by atoms with Gasteiger partial charge in [0.25, 0.3) is 0 Å². The second kappa shape index (κ2) is 11.3. The van der Waals surface area contributed by atoms with Gasteiger partial charge < -0.3 is 15.1 Å². The summed E-state index contributed by atoms with van der Waals surface area (Å²) in [5.74, 6) is -0.545. The Morgan fingerprint density at radius 1 is 1.26 bits per heavy atom. The van der Waals surface area contributed by atoms with Crippen molar-refractivity contribution in [3.63, 3.8) is 0 Å². The van der Waals surface area contributed by atoms with Crippen LogP contribution in [0, 0.1) is 0 Å². The van der Waals surface area contributed by atoms with Gasteiger partial charge in [0, 0.05) is 30.5 Å². The van der Waals surface area contributed by atoms with Crippen molar-refractivity contribution in [1.82, 2.24) is 4.90 Å². The summed E-state index contributed by atoms with van der Waals surface area (Å²) in [5.41, 5.74) is 1.02. The maximum Gasteiger partial charge on any atom is 0.303 e. The number of carbonyl (C=O) groups excluding carboxylic acids is 1. The topological polar surface area (TPSA) is 77.8 Å². The monoisotopic (exact) mass is 395 g/mol. The number of benzene rings is 1. The first-order chi connectivity index (χ1) is 13.0. The zero-order valence-electron chi connectivity index (χ0n) is 15.8. The lowest BCUT2D eigenvalue weighted by Crippen LogP contribution is -2.34. The van der Waals surface area contributed by atoms with Gasteiger partial charge in [-0.05, 0) is 56.2 Å². The van der Waals surface area contributed by atoms with Crippen molar-refractivity contribution >= 4 is 23.5 Å². The van der Waals surface area contributed by atoms with Crippen LogP contribution in [0.3, 0.4) is 0 Å². The number of carboxylic acids is 1. The third kappa shape index (κ3) is 7.89. The number of carbonyl (C=O) groups is 2. The number of rotatable bonds is 12. The lowest BCUT2D eigenvalue weighted by molar-refractivity contribution is -0.137. The largest absolute Gasteiger partial charge is 0.481 e. The summed E-state index contributed by atoms with van der Waals surface area (Å²) in [6.07, 6.45) is 6.73. The van der Waals surface area contributed by atoms with E-state index in [1.807, 2.05) is 29.2 Å². The highest BCUT2D eigenvalue weighted by Gasteiger charge is 2.30. The molecule has 1 unspecified atom stereocenters. The van der Waals surface area contributed by atoms with Gasteiger partial charge in [-0.1, -0.05) is 36.6 Å². The van der Waals surface area contributed by atoms with E-state index in [1.165, 1.54) is 0 Å². The second-order valence-corrected chi connectivity index (χ2v) is 7.84. The SMILES string of the molecule is O=C(O)CCCCCCN1C(=O)CC[C@@H]1CCC(O)Cc1cccc(Cl)c1. The maximum absolute atomic E-state index is 12.1. The number of aliphatic hydroxyl groups excluding tert-OH is 1. The van der Waals surface area contributed by atoms with E-state index in [9.17, 15) is 14.7 Å². The first-order valence-electron chi connectivity index (χ1n) is 9.89. The molecule has 1 aliphatic heterocycles. The highest BCUT2D eigenvalue weighted by atomic mass is 35.5. The van der Waals surface area contributed by atoms with Crippen molar-refractivity contribution in [3.05, 3.63) is 34.9 Å². The van der Waals surface area contributed by atoms with Crippen LogP contribution in [0.25, 0.3) is 0 Å². The number of carboxylic acid groups (broad SMARTS) is 1. The minimum Gasteiger partial charge on any atom is -0.481 e. The van der Waals surface area contributed by atoms with Crippen LogP contribution >= 0.6 is 11.6 Å². The first kappa shape index (κ1) is 21.7. The van der Waals surface area contributed by atoms with Crippen molar-refractivity contribution in [2.75, 3.05) is 6.54 Å². The van der Waals surface area contributed by atoms with E-state index in [4.69, 9.17) is 16.7 Å². The Balaban J connectivity index is 1.69. The lowest BCUT2D eigenvalue weighted by atomic mass is 10.0. The molecule has 0 saturated carbocycles. The molecule has 2 N–H and O–H groups in total. The van der Waals surface area contributed by atoms with Gasteiger partial charge in [0.05, 0.1) is 6.10 Å². The van der Waals surface area contributed by atoms with Crippen LogP contribution in [0.4, 0.5) is 0 Å². The Hall–Kier alpha value is -1.59. The fourth-order valence-corrected chi connectivity index (χ4v) is 3.95. The molecule has 0 aromatic heterocycles. The summed E-state index contributed by atoms with van der Waals surface area (Å²) in [6.45, 7) is 0.737. The molecule has 0 bridgehead atoms. The van der Waals surface area contributed by atoms with Crippen molar-refractivity contribution < 1.29 is 19.8 Å². The van der Waals surface area contributed by atoms with Crippen LogP contribution in [0.15, 0.2) is 24.3 Å². The molecule has 0 spiro atoms. The van der Waals surface area contributed by atoms with Crippen LogP contribution < -0.4 is 0 Å². The molecule has 0 aliphatic carbocycles. The van der Waals surface area contributed by atoms with Crippen molar-refractivity contribution in [3.8, 4) is 0 Å². The number of hydrogen-bond acceptors (Lipinski definition) is 3. The van der Waals surface area contributed by atoms with Crippen LogP contribution in [0.1, 0.15) is 63.4 Å². The molecule has 5 nitrogen and oxygen atoms in total. The summed E-state index contributed by atoms with van der Waals surface area (Å²) < 4.78 is 0. The predicted molar refractivity (Wildman–Crippen MR) is 106 cm³/mol.